The Morgan fingerprint density at radius 3 is 2.52 bits per heavy atom. The zero-order valence-electron chi connectivity index (χ0n) is 13.4. The van der Waals surface area contributed by atoms with Crippen molar-refractivity contribution in [2.24, 2.45) is 5.92 Å². The molecule has 1 aliphatic rings. The number of nitrogens with zero attached hydrogens (tertiary/aromatic N) is 1. The number of hydrogen-bond acceptors (Lipinski definition) is 2. The van der Waals surface area contributed by atoms with Gasteiger partial charge in [-0.2, -0.15) is 0 Å². The summed E-state index contributed by atoms with van der Waals surface area (Å²) in [5.74, 6) is -1.55. The Kier molecular flexibility index (Phi) is 5.11. The molecule has 132 valence electrons. The van der Waals surface area contributed by atoms with Crippen LogP contribution in [0.2, 0.25) is 0 Å². The molecule has 2 N–H and O–H groups in total. The summed E-state index contributed by atoms with van der Waals surface area (Å²) in [4.78, 5) is 14.0. The van der Waals surface area contributed by atoms with Crippen molar-refractivity contribution in [3.63, 3.8) is 0 Å². The van der Waals surface area contributed by atoms with E-state index in [9.17, 15) is 18.0 Å². The number of carbonyl (C=O) groups excluding carboxylic acids is 1. The minimum Gasteiger partial charge on any atom is -0.371 e. The fraction of sp³-hybridized carbons (Fsp3) is 0.278. The first-order valence-corrected chi connectivity index (χ1v) is 8.01. The third-order valence-electron chi connectivity index (χ3n) is 4.21. The van der Waals surface area contributed by atoms with Crippen LogP contribution < -0.4 is 15.5 Å². The number of halogens is 3. The van der Waals surface area contributed by atoms with E-state index in [0.29, 0.717) is 12.6 Å². The highest BCUT2D eigenvalue weighted by Crippen LogP contribution is 2.23. The standard InChI is InChI=1S/C18H18F3N3O/c19-13-1-4-15(5-2-13)24-8-7-12(11-24)10-22-18(25)23-17-6-3-14(20)9-16(17)21/h1-6,9,12H,7-8,10-11H2,(H2,22,23,25)/t12-/m1/s1. The first-order valence-electron chi connectivity index (χ1n) is 8.01. The van der Waals surface area contributed by atoms with E-state index in [2.05, 4.69) is 15.5 Å². The van der Waals surface area contributed by atoms with Gasteiger partial charge in [0.15, 0.2) is 0 Å². The SMILES string of the molecule is O=C(NC[C@H]1CCN(c2ccc(F)cc2)C1)Nc1ccc(F)cc1F. The maximum atomic E-state index is 13.5. The van der Waals surface area contributed by atoms with Crippen molar-refractivity contribution in [1.82, 2.24) is 5.32 Å². The Balaban J connectivity index is 1.47. The minimum absolute atomic E-state index is 0.0711. The Hall–Kier alpha value is -2.70. The van der Waals surface area contributed by atoms with Gasteiger partial charge in [-0.05, 0) is 48.7 Å². The fourth-order valence-electron chi connectivity index (χ4n) is 2.88. The monoisotopic (exact) mass is 349 g/mol. The van der Waals surface area contributed by atoms with E-state index < -0.39 is 17.7 Å². The van der Waals surface area contributed by atoms with Crippen molar-refractivity contribution in [1.29, 1.82) is 0 Å². The highest BCUT2D eigenvalue weighted by molar-refractivity contribution is 5.89. The van der Waals surface area contributed by atoms with Gasteiger partial charge in [0.1, 0.15) is 17.5 Å². The van der Waals surface area contributed by atoms with Crippen molar-refractivity contribution in [3.05, 3.63) is 59.9 Å². The third-order valence-corrected chi connectivity index (χ3v) is 4.21. The number of urea groups is 1. The number of hydrogen-bond donors (Lipinski definition) is 2. The molecule has 2 amide bonds. The molecular formula is C18H18F3N3O. The molecule has 2 aromatic rings. The molecule has 0 aliphatic carbocycles. The summed E-state index contributed by atoms with van der Waals surface area (Å²) in [6, 6.07) is 8.74. The van der Waals surface area contributed by atoms with Gasteiger partial charge in [-0.25, -0.2) is 18.0 Å². The summed E-state index contributed by atoms with van der Waals surface area (Å²) in [6.07, 6.45) is 0.891. The Morgan fingerprint density at radius 1 is 1.08 bits per heavy atom. The van der Waals surface area contributed by atoms with Crippen LogP contribution in [0, 0.1) is 23.4 Å². The summed E-state index contributed by atoms with van der Waals surface area (Å²) in [6.45, 7) is 2.01. The number of carbonyl (C=O) groups is 1. The first-order chi connectivity index (χ1) is 12.0. The van der Waals surface area contributed by atoms with E-state index in [4.69, 9.17) is 0 Å². The van der Waals surface area contributed by atoms with Gasteiger partial charge in [0.2, 0.25) is 0 Å². The smallest absolute Gasteiger partial charge is 0.319 e. The van der Waals surface area contributed by atoms with Gasteiger partial charge >= 0.3 is 6.03 Å². The second kappa shape index (κ2) is 7.46. The number of benzene rings is 2. The van der Waals surface area contributed by atoms with Crippen LogP contribution in [0.15, 0.2) is 42.5 Å². The molecule has 25 heavy (non-hydrogen) atoms. The van der Waals surface area contributed by atoms with Gasteiger partial charge in [-0.15, -0.1) is 0 Å². The predicted molar refractivity (Wildman–Crippen MR) is 90.1 cm³/mol. The van der Waals surface area contributed by atoms with E-state index >= 15 is 0 Å². The summed E-state index contributed by atoms with van der Waals surface area (Å²) in [5.41, 5.74) is 0.875. The topological polar surface area (TPSA) is 44.4 Å². The van der Waals surface area contributed by atoms with E-state index in [1.165, 1.54) is 18.2 Å². The largest absolute Gasteiger partial charge is 0.371 e. The molecule has 1 heterocycles. The summed E-state index contributed by atoms with van der Waals surface area (Å²) in [7, 11) is 0. The van der Waals surface area contributed by atoms with Gasteiger partial charge in [-0.1, -0.05) is 0 Å². The van der Waals surface area contributed by atoms with Crippen LogP contribution >= 0.6 is 0 Å². The fourth-order valence-corrected chi connectivity index (χ4v) is 2.88. The molecule has 1 saturated heterocycles. The van der Waals surface area contributed by atoms with Gasteiger partial charge in [0.25, 0.3) is 0 Å². The average Bonchev–Trinajstić information content (AvgIpc) is 3.05. The molecule has 0 saturated carbocycles. The number of nitrogens with one attached hydrogen (secondary N) is 2. The van der Waals surface area contributed by atoms with E-state index in [0.717, 1.165) is 31.3 Å². The highest BCUT2D eigenvalue weighted by atomic mass is 19.1. The van der Waals surface area contributed by atoms with E-state index in [1.807, 2.05) is 0 Å². The quantitative estimate of drug-likeness (QED) is 0.883. The molecule has 1 fully saturated rings. The van der Waals surface area contributed by atoms with Crippen LogP contribution in [0.1, 0.15) is 6.42 Å². The molecule has 0 spiro atoms. The van der Waals surface area contributed by atoms with Gasteiger partial charge in [-0.3, -0.25) is 0 Å². The lowest BCUT2D eigenvalue weighted by Crippen LogP contribution is -2.34. The second-order valence-electron chi connectivity index (χ2n) is 6.04. The predicted octanol–water partition coefficient (Wildman–Crippen LogP) is 3.75. The van der Waals surface area contributed by atoms with Crippen molar-refractivity contribution in [2.75, 3.05) is 29.9 Å². The molecule has 7 heteroatoms. The second-order valence-corrected chi connectivity index (χ2v) is 6.04. The highest BCUT2D eigenvalue weighted by Gasteiger charge is 2.23. The molecule has 0 radical (unpaired) electrons. The Bertz CT molecular complexity index is 752. The molecule has 1 atom stereocenters. The van der Waals surface area contributed by atoms with Crippen molar-refractivity contribution >= 4 is 17.4 Å². The Labute approximate surface area is 143 Å². The van der Waals surface area contributed by atoms with Crippen LogP contribution in [0.4, 0.5) is 29.3 Å². The third kappa shape index (κ3) is 4.43. The maximum absolute atomic E-state index is 13.5. The minimum atomic E-state index is -0.821. The lowest BCUT2D eigenvalue weighted by molar-refractivity contribution is 0.250. The van der Waals surface area contributed by atoms with Crippen LogP contribution in [0.25, 0.3) is 0 Å². The number of amides is 2. The summed E-state index contributed by atoms with van der Waals surface area (Å²) < 4.78 is 39.3. The van der Waals surface area contributed by atoms with Gasteiger partial charge in [0.05, 0.1) is 5.69 Å². The van der Waals surface area contributed by atoms with E-state index in [1.54, 1.807) is 12.1 Å². The molecule has 0 unspecified atom stereocenters. The van der Waals surface area contributed by atoms with Crippen LogP contribution in [0.3, 0.4) is 0 Å². The molecule has 0 bridgehead atoms. The zero-order chi connectivity index (χ0) is 17.8. The number of anilines is 2. The molecule has 0 aromatic heterocycles. The normalized spacial score (nSPS) is 16.8. The summed E-state index contributed by atoms with van der Waals surface area (Å²) in [5, 5.41) is 5.06. The molecule has 3 rings (SSSR count). The lowest BCUT2D eigenvalue weighted by Gasteiger charge is -2.19. The average molecular weight is 349 g/mol. The Morgan fingerprint density at radius 2 is 1.80 bits per heavy atom. The lowest BCUT2D eigenvalue weighted by atomic mass is 10.1. The van der Waals surface area contributed by atoms with Gasteiger partial charge in [0, 0.05) is 31.4 Å². The maximum Gasteiger partial charge on any atom is 0.319 e. The zero-order valence-corrected chi connectivity index (χ0v) is 13.4. The summed E-state index contributed by atoms with van der Waals surface area (Å²) >= 11 is 0. The van der Waals surface area contributed by atoms with Gasteiger partial charge < -0.3 is 15.5 Å². The molecule has 2 aromatic carbocycles. The molecular weight excluding hydrogens is 331 g/mol. The van der Waals surface area contributed by atoms with Crippen molar-refractivity contribution in [2.45, 2.75) is 6.42 Å². The molecule has 1 aliphatic heterocycles. The molecule has 4 nitrogen and oxygen atoms in total. The van der Waals surface area contributed by atoms with Crippen LogP contribution in [-0.4, -0.2) is 25.7 Å². The van der Waals surface area contributed by atoms with Crippen LogP contribution in [0.5, 0.6) is 0 Å². The van der Waals surface area contributed by atoms with Crippen molar-refractivity contribution in [3.8, 4) is 0 Å². The number of rotatable bonds is 4. The first kappa shape index (κ1) is 17.1. The van der Waals surface area contributed by atoms with Crippen LogP contribution in [-0.2, 0) is 0 Å². The van der Waals surface area contributed by atoms with E-state index in [-0.39, 0.29) is 17.4 Å². The van der Waals surface area contributed by atoms with Crippen molar-refractivity contribution < 1.29 is 18.0 Å².